The summed E-state index contributed by atoms with van der Waals surface area (Å²) in [5.41, 5.74) is 12.6. The molecule has 1 atom stereocenters. The third-order valence-electron chi connectivity index (χ3n) is 7.88. The molecule has 202 valence electrons. The Morgan fingerprint density at radius 2 is 1.77 bits per heavy atom. The number of halogens is 2. The molecule has 6 rings (SSSR count). The summed E-state index contributed by atoms with van der Waals surface area (Å²) in [5.74, 6) is -2.93. The molecule has 0 bridgehead atoms. The quantitative estimate of drug-likeness (QED) is 0.415. The standard InChI is InChI=1S/C28H29F2N7O2/c1-27(2,3)37-20-8-7-15(24(17(20)12-33-37)35-13-21(31)28(14-35)9-10-28)16-11-22(38)36(34-23(16)26(32)39)25-18(29)5-4-6-19(25)30/h4-8,11-12,21H,9-10,13-14,31H2,1-3H3,(H2,32,39)/t21-/m0/s1. The summed E-state index contributed by atoms with van der Waals surface area (Å²) in [4.78, 5) is 28.1. The van der Waals surface area contributed by atoms with Crippen molar-refractivity contribution in [1.29, 1.82) is 0 Å². The predicted molar refractivity (Wildman–Crippen MR) is 144 cm³/mol. The molecule has 4 aromatic rings. The zero-order chi connectivity index (χ0) is 27.9. The van der Waals surface area contributed by atoms with Gasteiger partial charge in [-0.05, 0) is 51.8 Å². The van der Waals surface area contributed by atoms with Crippen molar-refractivity contribution in [3.63, 3.8) is 0 Å². The first-order valence-corrected chi connectivity index (χ1v) is 12.8. The lowest BCUT2D eigenvalue weighted by molar-refractivity contribution is 0.0994. The van der Waals surface area contributed by atoms with E-state index < -0.39 is 28.8 Å². The summed E-state index contributed by atoms with van der Waals surface area (Å²) in [6, 6.07) is 8.00. The largest absolute Gasteiger partial charge is 0.368 e. The Morgan fingerprint density at radius 1 is 1.08 bits per heavy atom. The van der Waals surface area contributed by atoms with Crippen LogP contribution in [-0.2, 0) is 5.54 Å². The van der Waals surface area contributed by atoms with Crippen molar-refractivity contribution >= 4 is 22.5 Å². The Kier molecular flexibility index (Phi) is 5.45. The van der Waals surface area contributed by atoms with Gasteiger partial charge >= 0.3 is 0 Å². The molecule has 0 radical (unpaired) electrons. The zero-order valence-electron chi connectivity index (χ0n) is 21.9. The average Bonchev–Trinajstić information content (AvgIpc) is 3.38. The monoisotopic (exact) mass is 533 g/mol. The second kappa shape index (κ2) is 8.44. The summed E-state index contributed by atoms with van der Waals surface area (Å²) in [5, 5.41) is 9.55. The van der Waals surface area contributed by atoms with Crippen LogP contribution >= 0.6 is 0 Å². The number of anilines is 1. The van der Waals surface area contributed by atoms with Crippen LogP contribution in [0.5, 0.6) is 0 Å². The molecule has 2 aliphatic rings. The Morgan fingerprint density at radius 3 is 2.36 bits per heavy atom. The van der Waals surface area contributed by atoms with Crippen molar-refractivity contribution in [3.05, 3.63) is 70.3 Å². The van der Waals surface area contributed by atoms with Gasteiger partial charge in [0.2, 0.25) is 0 Å². The van der Waals surface area contributed by atoms with Gasteiger partial charge in [-0.2, -0.15) is 14.9 Å². The second-order valence-corrected chi connectivity index (χ2v) is 11.6. The number of nitrogens with two attached hydrogens (primary N) is 2. The number of rotatable bonds is 4. The molecule has 1 aliphatic carbocycles. The van der Waals surface area contributed by atoms with E-state index in [0.29, 0.717) is 16.8 Å². The van der Waals surface area contributed by atoms with Crippen LogP contribution in [0.2, 0.25) is 0 Å². The highest BCUT2D eigenvalue weighted by molar-refractivity contribution is 6.05. The first-order chi connectivity index (χ1) is 18.4. The maximum Gasteiger partial charge on any atom is 0.272 e. The summed E-state index contributed by atoms with van der Waals surface area (Å²) in [6.07, 6.45) is 3.85. The first kappa shape index (κ1) is 25.2. The molecule has 1 saturated heterocycles. The van der Waals surface area contributed by atoms with Crippen LogP contribution in [0.1, 0.15) is 44.1 Å². The minimum absolute atomic E-state index is 0.0240. The van der Waals surface area contributed by atoms with Gasteiger partial charge in [-0.15, -0.1) is 0 Å². The van der Waals surface area contributed by atoms with Crippen LogP contribution in [-0.4, -0.2) is 44.6 Å². The number of fused-ring (bicyclic) bond motifs is 1. The minimum atomic E-state index is -0.995. The van der Waals surface area contributed by atoms with Crippen LogP contribution in [0.25, 0.3) is 27.7 Å². The molecule has 1 amide bonds. The summed E-state index contributed by atoms with van der Waals surface area (Å²) < 4.78 is 31.5. The number of hydrogen-bond acceptors (Lipinski definition) is 6. The lowest BCUT2D eigenvalue weighted by atomic mass is 9.98. The van der Waals surface area contributed by atoms with Crippen molar-refractivity contribution in [3.8, 4) is 16.8 Å². The van der Waals surface area contributed by atoms with E-state index in [1.54, 1.807) is 6.20 Å². The number of carbonyl (C=O) groups excluding carboxylic acids is 1. The number of aromatic nitrogens is 4. The Hall–Kier alpha value is -4.12. The number of benzene rings is 2. The van der Waals surface area contributed by atoms with E-state index in [4.69, 9.17) is 11.5 Å². The molecule has 1 aliphatic heterocycles. The number of primary amides is 1. The lowest BCUT2D eigenvalue weighted by Gasteiger charge is -2.25. The van der Waals surface area contributed by atoms with Crippen LogP contribution < -0.4 is 21.9 Å². The Balaban J connectivity index is 1.62. The topological polar surface area (TPSA) is 125 Å². The van der Waals surface area contributed by atoms with E-state index in [9.17, 15) is 18.4 Å². The normalized spacial score (nSPS) is 18.3. The maximum absolute atomic E-state index is 14.5. The number of nitrogens with zero attached hydrogens (tertiary/aromatic N) is 5. The predicted octanol–water partition coefficient (Wildman–Crippen LogP) is 3.31. The van der Waals surface area contributed by atoms with Crippen LogP contribution in [0.15, 0.2) is 47.4 Å². The van der Waals surface area contributed by atoms with Crippen molar-refractivity contribution in [2.45, 2.75) is 45.2 Å². The first-order valence-electron chi connectivity index (χ1n) is 12.8. The molecule has 39 heavy (non-hydrogen) atoms. The molecule has 0 unspecified atom stereocenters. The number of para-hydroxylation sites is 1. The van der Waals surface area contributed by atoms with Gasteiger partial charge in [0.05, 0.1) is 22.9 Å². The van der Waals surface area contributed by atoms with E-state index >= 15 is 0 Å². The fourth-order valence-electron chi connectivity index (χ4n) is 5.73. The summed E-state index contributed by atoms with van der Waals surface area (Å²) >= 11 is 0. The molecular formula is C28H29F2N7O2. The van der Waals surface area contributed by atoms with Gasteiger partial charge in [-0.25, -0.2) is 8.78 Å². The molecule has 2 aromatic heterocycles. The van der Waals surface area contributed by atoms with Crippen LogP contribution in [0.3, 0.4) is 0 Å². The smallest absolute Gasteiger partial charge is 0.272 e. The molecule has 1 saturated carbocycles. The van der Waals surface area contributed by atoms with E-state index in [0.717, 1.165) is 54.2 Å². The van der Waals surface area contributed by atoms with Gasteiger partial charge in [0.15, 0.2) is 17.3 Å². The molecule has 11 heteroatoms. The molecule has 3 heterocycles. The van der Waals surface area contributed by atoms with E-state index in [-0.39, 0.29) is 28.3 Å². The third-order valence-corrected chi connectivity index (χ3v) is 7.88. The van der Waals surface area contributed by atoms with Gasteiger partial charge in [-0.3, -0.25) is 14.3 Å². The number of carbonyl (C=O) groups is 1. The van der Waals surface area contributed by atoms with E-state index in [2.05, 4.69) is 35.9 Å². The second-order valence-electron chi connectivity index (χ2n) is 11.6. The maximum atomic E-state index is 14.5. The molecule has 9 nitrogen and oxygen atoms in total. The van der Waals surface area contributed by atoms with Crippen molar-refractivity contribution in [2.24, 2.45) is 16.9 Å². The number of hydrogen-bond donors (Lipinski definition) is 2. The average molecular weight is 534 g/mol. The fourth-order valence-corrected chi connectivity index (χ4v) is 5.73. The Labute approximate surface area is 223 Å². The highest BCUT2D eigenvalue weighted by Crippen LogP contribution is 2.54. The van der Waals surface area contributed by atoms with E-state index in [1.165, 1.54) is 6.07 Å². The van der Waals surface area contributed by atoms with Crippen molar-refractivity contribution in [1.82, 2.24) is 19.6 Å². The highest BCUT2D eigenvalue weighted by Gasteiger charge is 2.54. The Bertz CT molecular complexity index is 1700. The molecule has 2 fully saturated rings. The van der Waals surface area contributed by atoms with E-state index in [1.807, 2.05) is 16.8 Å². The third kappa shape index (κ3) is 3.91. The van der Waals surface area contributed by atoms with Crippen LogP contribution in [0, 0.1) is 17.0 Å². The molecular weight excluding hydrogens is 504 g/mol. The van der Waals surface area contributed by atoms with Crippen molar-refractivity contribution in [2.75, 3.05) is 18.0 Å². The fraction of sp³-hybridized carbons (Fsp3) is 0.357. The molecule has 1 spiro atoms. The van der Waals surface area contributed by atoms with Gasteiger partial charge in [0, 0.05) is 47.1 Å². The van der Waals surface area contributed by atoms with Gasteiger partial charge in [-0.1, -0.05) is 12.1 Å². The SMILES string of the molecule is CC(C)(C)n1ncc2c(N3C[C@H](N)C4(CC4)C3)c(-c3cc(=O)n(-c4c(F)cccc4F)nc3C(N)=O)ccc21. The van der Waals surface area contributed by atoms with Crippen molar-refractivity contribution < 1.29 is 13.6 Å². The number of amides is 1. The summed E-state index contributed by atoms with van der Waals surface area (Å²) in [7, 11) is 0. The molecule has 2 aromatic carbocycles. The highest BCUT2D eigenvalue weighted by atomic mass is 19.1. The lowest BCUT2D eigenvalue weighted by Crippen LogP contribution is -2.30. The van der Waals surface area contributed by atoms with Crippen LogP contribution in [0.4, 0.5) is 14.5 Å². The van der Waals surface area contributed by atoms with Gasteiger partial charge < -0.3 is 16.4 Å². The molecule has 4 N–H and O–H groups in total. The van der Waals surface area contributed by atoms with Gasteiger partial charge in [0.25, 0.3) is 11.5 Å². The van der Waals surface area contributed by atoms with Gasteiger partial charge in [0.1, 0.15) is 5.69 Å². The summed E-state index contributed by atoms with van der Waals surface area (Å²) in [6.45, 7) is 7.46. The zero-order valence-corrected chi connectivity index (χ0v) is 21.9. The minimum Gasteiger partial charge on any atom is -0.368 e.